The minimum atomic E-state index is -4.03. The average molecular weight is 554 g/mol. The second kappa shape index (κ2) is 10.4. The SMILES string of the molecule is CN=c1sc(CN2CCN(C(=O)CCS(=O)(=O)c3cc4cc(Cl)ccc4n3C(=O)O)CC2)c(C)n1C. The van der Waals surface area contributed by atoms with Crippen molar-refractivity contribution < 1.29 is 23.1 Å². The number of thiazole rings is 1. The Morgan fingerprint density at radius 1 is 1.17 bits per heavy atom. The van der Waals surface area contributed by atoms with E-state index in [9.17, 15) is 23.1 Å². The fourth-order valence-electron chi connectivity index (χ4n) is 4.36. The van der Waals surface area contributed by atoms with E-state index in [4.69, 9.17) is 11.6 Å². The third kappa shape index (κ3) is 5.22. The number of halogens is 1. The molecule has 1 fully saturated rings. The van der Waals surface area contributed by atoms with Crippen LogP contribution in [0.1, 0.15) is 17.0 Å². The molecule has 194 valence electrons. The molecule has 1 aromatic carbocycles. The van der Waals surface area contributed by atoms with Crippen molar-refractivity contribution in [1.29, 1.82) is 0 Å². The Morgan fingerprint density at radius 2 is 1.86 bits per heavy atom. The Bertz CT molecular complexity index is 1500. The van der Waals surface area contributed by atoms with E-state index in [1.807, 2.05) is 7.05 Å². The zero-order chi connectivity index (χ0) is 26.2. The molecule has 0 unspecified atom stereocenters. The highest BCUT2D eigenvalue weighted by atomic mass is 35.5. The van der Waals surface area contributed by atoms with Crippen LogP contribution >= 0.6 is 22.9 Å². The van der Waals surface area contributed by atoms with Crippen molar-refractivity contribution in [1.82, 2.24) is 18.9 Å². The lowest BCUT2D eigenvalue weighted by molar-refractivity contribution is -0.132. The molecule has 36 heavy (non-hydrogen) atoms. The molecule has 0 saturated carbocycles. The fourth-order valence-corrected chi connectivity index (χ4v) is 7.07. The van der Waals surface area contributed by atoms with E-state index >= 15 is 0 Å². The van der Waals surface area contributed by atoms with E-state index in [-0.39, 0.29) is 22.9 Å². The number of hydrogen-bond donors (Lipinski definition) is 1. The quantitative estimate of drug-likeness (QED) is 0.501. The first-order chi connectivity index (χ1) is 17.0. The molecule has 4 rings (SSSR count). The number of carboxylic acid groups (broad SMARTS) is 1. The predicted octanol–water partition coefficient (Wildman–Crippen LogP) is 2.57. The van der Waals surface area contributed by atoms with Crippen LogP contribution in [0.2, 0.25) is 5.02 Å². The minimum absolute atomic E-state index is 0.217. The van der Waals surface area contributed by atoms with Gasteiger partial charge in [0, 0.05) is 74.2 Å². The molecule has 1 N–H and O–H groups in total. The maximum absolute atomic E-state index is 13.0. The molecular formula is C23H28ClN5O5S2. The van der Waals surface area contributed by atoms with Gasteiger partial charge in [-0.1, -0.05) is 11.6 Å². The van der Waals surface area contributed by atoms with Crippen LogP contribution in [0.25, 0.3) is 10.9 Å². The van der Waals surface area contributed by atoms with Crippen LogP contribution in [0, 0.1) is 6.92 Å². The number of benzene rings is 1. The summed E-state index contributed by atoms with van der Waals surface area (Å²) in [6, 6.07) is 5.76. The first kappa shape index (κ1) is 26.4. The molecule has 1 aliphatic heterocycles. The lowest BCUT2D eigenvalue weighted by Crippen LogP contribution is -2.48. The van der Waals surface area contributed by atoms with Crippen LogP contribution in [0.3, 0.4) is 0 Å². The number of amides is 1. The summed E-state index contributed by atoms with van der Waals surface area (Å²) in [6.45, 7) is 5.24. The van der Waals surface area contributed by atoms with Gasteiger partial charge in [0.25, 0.3) is 0 Å². The first-order valence-electron chi connectivity index (χ1n) is 11.4. The summed E-state index contributed by atoms with van der Waals surface area (Å²) in [5, 5.41) is 10.0. The Hall–Kier alpha value is -2.67. The molecule has 3 aromatic rings. The lowest BCUT2D eigenvalue weighted by Gasteiger charge is -2.34. The summed E-state index contributed by atoms with van der Waals surface area (Å²) < 4.78 is 28.9. The monoisotopic (exact) mass is 553 g/mol. The van der Waals surface area contributed by atoms with Crippen molar-refractivity contribution in [2.45, 2.75) is 24.9 Å². The van der Waals surface area contributed by atoms with E-state index in [0.717, 1.165) is 15.9 Å². The van der Waals surface area contributed by atoms with Crippen LogP contribution in [0.15, 0.2) is 34.3 Å². The fraction of sp³-hybridized carbons (Fsp3) is 0.435. The summed E-state index contributed by atoms with van der Waals surface area (Å²) in [6.07, 6.45) is -1.63. The number of aromatic nitrogens is 2. The maximum atomic E-state index is 13.0. The van der Waals surface area contributed by atoms with E-state index in [1.165, 1.54) is 34.8 Å². The highest BCUT2D eigenvalue weighted by Gasteiger charge is 2.28. The van der Waals surface area contributed by atoms with Crippen molar-refractivity contribution in [3.8, 4) is 0 Å². The summed E-state index contributed by atoms with van der Waals surface area (Å²) in [7, 11) is -0.266. The summed E-state index contributed by atoms with van der Waals surface area (Å²) in [5.41, 5.74) is 1.40. The molecule has 0 atom stereocenters. The van der Waals surface area contributed by atoms with Crippen molar-refractivity contribution in [3.63, 3.8) is 0 Å². The zero-order valence-corrected chi connectivity index (χ0v) is 22.7. The standard InChI is InChI=1S/C23H28ClN5O5S2/c1-15-19(35-22(25-2)26(15)3)14-27-7-9-28(10-8-27)20(30)6-11-36(33,34)21-13-16-12-17(24)4-5-18(16)29(21)23(31)32/h4-5,12-13H,6-11,14H2,1-3H3,(H,31,32). The van der Waals surface area contributed by atoms with Gasteiger partial charge < -0.3 is 14.6 Å². The third-order valence-corrected chi connectivity index (χ3v) is 9.74. The highest BCUT2D eigenvalue weighted by molar-refractivity contribution is 7.91. The molecule has 10 nitrogen and oxygen atoms in total. The molecule has 0 spiro atoms. The number of rotatable bonds is 6. The van der Waals surface area contributed by atoms with Crippen LogP contribution in [0.5, 0.6) is 0 Å². The largest absolute Gasteiger partial charge is 0.464 e. The number of nitrogens with zero attached hydrogens (tertiary/aromatic N) is 5. The molecule has 13 heteroatoms. The molecule has 0 radical (unpaired) electrons. The van der Waals surface area contributed by atoms with Crippen molar-refractivity contribution in [3.05, 3.63) is 44.7 Å². The van der Waals surface area contributed by atoms with Gasteiger partial charge in [0.15, 0.2) is 14.6 Å². The normalized spacial score (nSPS) is 15.7. The second-order valence-corrected chi connectivity index (χ2v) is 12.3. The second-order valence-electron chi connectivity index (χ2n) is 8.71. The average Bonchev–Trinajstić information content (AvgIpc) is 3.36. The third-order valence-electron chi connectivity index (χ3n) is 6.52. The van der Waals surface area contributed by atoms with E-state index in [1.54, 1.807) is 23.3 Å². The highest BCUT2D eigenvalue weighted by Crippen LogP contribution is 2.27. The Kier molecular flexibility index (Phi) is 7.60. The van der Waals surface area contributed by atoms with E-state index < -0.39 is 21.7 Å². The molecule has 0 bridgehead atoms. The zero-order valence-electron chi connectivity index (χ0n) is 20.3. The Morgan fingerprint density at radius 3 is 2.47 bits per heavy atom. The molecule has 0 aliphatic carbocycles. The van der Waals surface area contributed by atoms with Crippen LogP contribution in [-0.2, 0) is 28.2 Å². The number of fused-ring (bicyclic) bond motifs is 1. The van der Waals surface area contributed by atoms with Crippen molar-refractivity contribution >= 4 is 55.7 Å². The molecule has 1 saturated heterocycles. The van der Waals surface area contributed by atoms with Crippen LogP contribution in [0.4, 0.5) is 4.79 Å². The summed E-state index contributed by atoms with van der Waals surface area (Å²) >= 11 is 7.63. The summed E-state index contributed by atoms with van der Waals surface area (Å²) in [4.78, 5) is 35.1. The van der Waals surface area contributed by atoms with Gasteiger partial charge in [0.2, 0.25) is 5.91 Å². The van der Waals surface area contributed by atoms with Gasteiger partial charge in [-0.15, -0.1) is 11.3 Å². The van der Waals surface area contributed by atoms with Crippen molar-refractivity contribution in [2.75, 3.05) is 39.0 Å². The van der Waals surface area contributed by atoms with E-state index in [2.05, 4.69) is 21.4 Å². The minimum Gasteiger partial charge on any atom is -0.464 e. The van der Waals surface area contributed by atoms with Gasteiger partial charge in [-0.3, -0.25) is 14.7 Å². The molecule has 1 aliphatic rings. The number of sulfone groups is 1. The molecule has 3 heterocycles. The summed E-state index contributed by atoms with van der Waals surface area (Å²) in [5.74, 6) is -0.734. The van der Waals surface area contributed by atoms with Gasteiger partial charge in [0.1, 0.15) is 5.03 Å². The number of piperazine rings is 1. The van der Waals surface area contributed by atoms with Gasteiger partial charge >= 0.3 is 6.09 Å². The number of hydrogen-bond acceptors (Lipinski definition) is 7. The number of carbonyl (C=O) groups is 2. The molecule has 1 amide bonds. The van der Waals surface area contributed by atoms with Crippen LogP contribution in [-0.4, -0.2) is 83.4 Å². The Balaban J connectivity index is 1.39. The van der Waals surface area contributed by atoms with Gasteiger partial charge in [0.05, 0.1) is 11.3 Å². The van der Waals surface area contributed by atoms with Gasteiger partial charge in [-0.25, -0.2) is 17.8 Å². The lowest BCUT2D eigenvalue weighted by atomic mass is 10.2. The Labute approximate surface area is 217 Å². The predicted molar refractivity (Wildman–Crippen MR) is 138 cm³/mol. The van der Waals surface area contributed by atoms with Gasteiger partial charge in [-0.05, 0) is 31.2 Å². The smallest absolute Gasteiger partial charge is 0.417 e. The van der Waals surface area contributed by atoms with Gasteiger partial charge in [-0.2, -0.15) is 0 Å². The molecule has 2 aromatic heterocycles. The topological polar surface area (TPSA) is 117 Å². The van der Waals surface area contributed by atoms with E-state index in [0.29, 0.717) is 36.6 Å². The van der Waals surface area contributed by atoms with Crippen molar-refractivity contribution in [2.24, 2.45) is 12.0 Å². The number of carbonyl (C=O) groups excluding carboxylic acids is 1. The molecular weight excluding hydrogens is 526 g/mol. The van der Waals surface area contributed by atoms with Crippen LogP contribution < -0.4 is 4.80 Å². The first-order valence-corrected chi connectivity index (χ1v) is 14.2. The maximum Gasteiger partial charge on any atom is 0.417 e.